The van der Waals surface area contributed by atoms with Crippen molar-refractivity contribution in [2.75, 3.05) is 18.1 Å². The molecule has 1 unspecified atom stereocenters. The van der Waals surface area contributed by atoms with Gasteiger partial charge in [0.2, 0.25) is 0 Å². The molecule has 2 rings (SSSR count). The van der Waals surface area contributed by atoms with Gasteiger partial charge in [-0.2, -0.15) is 0 Å². The zero-order chi connectivity index (χ0) is 15.2. The van der Waals surface area contributed by atoms with Gasteiger partial charge in [0, 0.05) is 12.3 Å². The second kappa shape index (κ2) is 7.19. The number of thioether (sulfide) groups is 1. The summed E-state index contributed by atoms with van der Waals surface area (Å²) in [7, 11) is 0. The first kappa shape index (κ1) is 15.5. The van der Waals surface area contributed by atoms with Crippen LogP contribution in [0.4, 0.5) is 5.69 Å². The maximum Gasteiger partial charge on any atom is 0.343 e. The number of ether oxygens (including phenoxy) is 1. The van der Waals surface area contributed by atoms with Gasteiger partial charge in [-0.25, -0.2) is 9.89 Å². The van der Waals surface area contributed by atoms with Crippen molar-refractivity contribution in [1.82, 2.24) is 14.8 Å². The Balaban J connectivity index is 1.84. The van der Waals surface area contributed by atoms with Gasteiger partial charge in [-0.1, -0.05) is 23.9 Å². The molecule has 4 N–H and O–H groups in total. The van der Waals surface area contributed by atoms with Crippen molar-refractivity contribution in [2.45, 2.75) is 24.7 Å². The van der Waals surface area contributed by atoms with Crippen LogP contribution in [0, 0.1) is 0 Å². The van der Waals surface area contributed by atoms with E-state index in [0.717, 1.165) is 0 Å². The predicted molar refractivity (Wildman–Crippen MR) is 81.6 cm³/mol. The monoisotopic (exact) mass is 310 g/mol. The highest BCUT2D eigenvalue weighted by atomic mass is 32.2. The number of nitrogen functional groups attached to an aromatic ring is 1. The van der Waals surface area contributed by atoms with E-state index in [9.17, 15) is 9.90 Å². The fourth-order valence-electron chi connectivity index (χ4n) is 1.71. The van der Waals surface area contributed by atoms with Crippen LogP contribution in [-0.4, -0.2) is 38.3 Å². The molecule has 21 heavy (non-hydrogen) atoms. The smallest absolute Gasteiger partial charge is 0.343 e. The Hall–Kier alpha value is -1.93. The summed E-state index contributed by atoms with van der Waals surface area (Å²) in [4.78, 5) is 11.4. The van der Waals surface area contributed by atoms with E-state index >= 15 is 0 Å². The fourth-order valence-corrected chi connectivity index (χ4v) is 2.62. The van der Waals surface area contributed by atoms with Gasteiger partial charge >= 0.3 is 5.69 Å². The molecule has 2 aromatic rings. The Bertz CT molecular complexity index is 640. The maximum atomic E-state index is 11.4. The van der Waals surface area contributed by atoms with Crippen LogP contribution < -0.4 is 16.2 Å². The third kappa shape index (κ3) is 4.02. The van der Waals surface area contributed by atoms with E-state index < -0.39 is 6.10 Å². The Kier molecular flexibility index (Phi) is 5.29. The number of hydrogen-bond acceptors (Lipinski definition) is 6. The Morgan fingerprint density at radius 2 is 2.29 bits per heavy atom. The zero-order valence-corrected chi connectivity index (χ0v) is 12.5. The van der Waals surface area contributed by atoms with Crippen LogP contribution in [0.15, 0.2) is 34.2 Å². The van der Waals surface area contributed by atoms with Crippen molar-refractivity contribution in [3.63, 3.8) is 0 Å². The lowest BCUT2D eigenvalue weighted by atomic mass is 10.3. The number of anilines is 1. The summed E-state index contributed by atoms with van der Waals surface area (Å²) in [6.45, 7) is 2.52. The molecule has 1 heterocycles. The Morgan fingerprint density at radius 1 is 1.52 bits per heavy atom. The van der Waals surface area contributed by atoms with Crippen LogP contribution in [0.5, 0.6) is 5.75 Å². The Morgan fingerprint density at radius 3 is 3.00 bits per heavy atom. The minimum atomic E-state index is -0.688. The topological polar surface area (TPSA) is 106 Å². The maximum absolute atomic E-state index is 11.4. The first-order valence-corrected chi connectivity index (χ1v) is 7.53. The van der Waals surface area contributed by atoms with E-state index in [1.807, 2.05) is 19.1 Å². The third-order valence-corrected chi connectivity index (χ3v) is 3.92. The lowest BCUT2D eigenvalue weighted by molar-refractivity contribution is 0.127. The summed E-state index contributed by atoms with van der Waals surface area (Å²) in [5, 5.41) is 16.8. The van der Waals surface area contributed by atoms with Gasteiger partial charge in [-0.3, -0.25) is 4.57 Å². The molecule has 1 aromatic heterocycles. The minimum Gasteiger partial charge on any atom is -0.489 e. The molecular weight excluding hydrogens is 292 g/mol. The number of nitrogens with one attached hydrogen (secondary N) is 1. The number of aliphatic hydroxyl groups is 1. The number of H-pyrrole nitrogens is 1. The highest BCUT2D eigenvalue weighted by Gasteiger charge is 2.12. The molecule has 0 amide bonds. The van der Waals surface area contributed by atoms with Gasteiger partial charge in [0.05, 0.1) is 11.8 Å². The summed E-state index contributed by atoms with van der Waals surface area (Å²) in [5.41, 5.74) is 6.03. The molecule has 0 saturated heterocycles. The lowest BCUT2D eigenvalue weighted by Crippen LogP contribution is -2.21. The third-order valence-electron chi connectivity index (χ3n) is 2.79. The molecule has 7 nitrogen and oxygen atoms in total. The average Bonchev–Trinajstić information content (AvgIpc) is 2.84. The van der Waals surface area contributed by atoms with Gasteiger partial charge < -0.3 is 15.6 Å². The first-order valence-electron chi connectivity index (χ1n) is 6.55. The first-order chi connectivity index (χ1) is 10.1. The number of benzene rings is 1. The molecule has 0 spiro atoms. The summed E-state index contributed by atoms with van der Waals surface area (Å²) < 4.78 is 6.97. The van der Waals surface area contributed by atoms with Crippen LogP contribution in [0.3, 0.4) is 0 Å². The predicted octanol–water partition coefficient (Wildman–Crippen LogP) is 0.706. The second-order valence-corrected chi connectivity index (χ2v) is 5.36. The largest absolute Gasteiger partial charge is 0.489 e. The molecule has 0 saturated carbocycles. The summed E-state index contributed by atoms with van der Waals surface area (Å²) in [5.74, 6) is 0.920. The minimum absolute atomic E-state index is 0.127. The van der Waals surface area contributed by atoms with Crippen LogP contribution >= 0.6 is 11.8 Å². The SMILES string of the molecule is CCn1c(SCC(O)COc2ccccc2N)n[nH]c1=O. The Labute approximate surface area is 126 Å². The number of hydrogen-bond donors (Lipinski definition) is 3. The van der Waals surface area contributed by atoms with Gasteiger partial charge in [0.1, 0.15) is 12.4 Å². The molecule has 0 radical (unpaired) electrons. The molecule has 0 aliphatic rings. The van der Waals surface area contributed by atoms with Crippen molar-refractivity contribution in [3.8, 4) is 5.75 Å². The van der Waals surface area contributed by atoms with Crippen LogP contribution in [-0.2, 0) is 6.54 Å². The van der Waals surface area contributed by atoms with Gasteiger partial charge in [0.15, 0.2) is 5.16 Å². The summed E-state index contributed by atoms with van der Waals surface area (Å²) in [6.07, 6.45) is -0.688. The standard InChI is InChI=1S/C13H18N4O3S/c1-2-17-12(19)15-16-13(17)21-8-9(18)7-20-11-6-4-3-5-10(11)14/h3-6,9,18H,2,7-8,14H2,1H3,(H,15,19). The van der Waals surface area contributed by atoms with Crippen molar-refractivity contribution in [1.29, 1.82) is 0 Å². The van der Waals surface area contributed by atoms with Gasteiger partial charge in [-0.05, 0) is 19.1 Å². The second-order valence-electron chi connectivity index (χ2n) is 4.37. The number of nitrogens with two attached hydrogens (primary N) is 1. The molecular formula is C13H18N4O3S. The van der Waals surface area contributed by atoms with E-state index in [2.05, 4.69) is 10.2 Å². The fraction of sp³-hybridized carbons (Fsp3) is 0.385. The van der Waals surface area contributed by atoms with Gasteiger partial charge in [-0.15, -0.1) is 5.10 Å². The molecule has 8 heteroatoms. The average molecular weight is 310 g/mol. The highest BCUT2D eigenvalue weighted by Crippen LogP contribution is 2.20. The van der Waals surface area contributed by atoms with Crippen molar-refractivity contribution in [2.24, 2.45) is 0 Å². The highest BCUT2D eigenvalue weighted by molar-refractivity contribution is 7.99. The number of para-hydroxylation sites is 2. The van der Waals surface area contributed by atoms with Crippen molar-refractivity contribution in [3.05, 3.63) is 34.7 Å². The molecule has 0 aliphatic heterocycles. The molecule has 1 atom stereocenters. The normalized spacial score (nSPS) is 12.3. The van der Waals surface area contributed by atoms with Crippen molar-refractivity contribution >= 4 is 17.4 Å². The summed E-state index contributed by atoms with van der Waals surface area (Å²) in [6, 6.07) is 7.12. The van der Waals surface area contributed by atoms with Gasteiger partial charge in [0.25, 0.3) is 0 Å². The number of aromatic amines is 1. The molecule has 0 bridgehead atoms. The van der Waals surface area contributed by atoms with Crippen LogP contribution in [0.25, 0.3) is 0 Å². The number of rotatable bonds is 7. The van der Waals surface area contributed by atoms with Crippen LogP contribution in [0.1, 0.15) is 6.92 Å². The zero-order valence-electron chi connectivity index (χ0n) is 11.7. The quantitative estimate of drug-likeness (QED) is 0.513. The van der Waals surface area contributed by atoms with E-state index in [-0.39, 0.29) is 12.3 Å². The number of nitrogens with zero attached hydrogens (tertiary/aromatic N) is 2. The molecule has 0 aliphatic carbocycles. The van der Waals surface area contributed by atoms with Crippen molar-refractivity contribution < 1.29 is 9.84 Å². The summed E-state index contributed by atoms with van der Waals surface area (Å²) >= 11 is 1.30. The molecule has 114 valence electrons. The van der Waals surface area contributed by atoms with E-state index in [1.165, 1.54) is 16.3 Å². The van der Waals surface area contributed by atoms with E-state index in [4.69, 9.17) is 10.5 Å². The van der Waals surface area contributed by atoms with E-state index in [0.29, 0.717) is 28.9 Å². The number of aliphatic hydroxyl groups excluding tert-OH is 1. The lowest BCUT2D eigenvalue weighted by Gasteiger charge is -2.13. The van der Waals surface area contributed by atoms with Crippen LogP contribution in [0.2, 0.25) is 0 Å². The van der Waals surface area contributed by atoms with E-state index in [1.54, 1.807) is 12.1 Å². The molecule has 0 fully saturated rings. The molecule has 1 aromatic carbocycles. The number of aromatic nitrogens is 3.